The van der Waals surface area contributed by atoms with Crippen LogP contribution < -0.4 is 0 Å². The Hall–Kier alpha value is -7.99. The van der Waals surface area contributed by atoms with E-state index in [0.717, 1.165) is 55.7 Å². The smallest absolute Gasteiger partial charge is 0.164 e. The highest BCUT2D eigenvalue weighted by atomic mass is 32.1. The number of aromatic nitrogens is 4. The van der Waals surface area contributed by atoms with Gasteiger partial charge < -0.3 is 4.57 Å². The summed E-state index contributed by atoms with van der Waals surface area (Å²) >= 11 is 1.84. The maximum atomic E-state index is 5.28. The van der Waals surface area contributed by atoms with Gasteiger partial charge in [0, 0.05) is 53.2 Å². The number of benzene rings is 9. The van der Waals surface area contributed by atoms with Gasteiger partial charge in [-0.3, -0.25) is 0 Å². The lowest BCUT2D eigenvalue weighted by molar-refractivity contribution is 1.07. The number of fused-ring (bicyclic) bond motifs is 6. The molecule has 4 nitrogen and oxygen atoms in total. The van der Waals surface area contributed by atoms with Crippen LogP contribution in [0.3, 0.4) is 0 Å². The Kier molecular flexibility index (Phi) is 8.65. The molecule has 0 aliphatic carbocycles. The van der Waals surface area contributed by atoms with Crippen molar-refractivity contribution in [2.75, 3.05) is 0 Å². The Labute approximate surface area is 362 Å². The van der Waals surface area contributed by atoms with Crippen molar-refractivity contribution < 1.29 is 0 Å². The minimum atomic E-state index is 0.610. The number of nitrogens with zero attached hydrogens (tertiary/aromatic N) is 4. The molecule has 0 aliphatic heterocycles. The van der Waals surface area contributed by atoms with Crippen LogP contribution in [-0.2, 0) is 0 Å². The Morgan fingerprint density at radius 3 is 1.47 bits per heavy atom. The maximum Gasteiger partial charge on any atom is 0.164 e. The summed E-state index contributed by atoms with van der Waals surface area (Å²) in [6, 6.07) is 77.6. The molecular weight excluding hydrogens is 773 g/mol. The molecule has 0 aliphatic rings. The lowest BCUT2D eigenvalue weighted by atomic mass is 9.97. The second-order valence-corrected chi connectivity index (χ2v) is 16.7. The molecule has 0 saturated heterocycles. The molecule has 0 saturated carbocycles. The molecule has 12 rings (SSSR count). The summed E-state index contributed by atoms with van der Waals surface area (Å²) in [5.74, 6) is 1.86. The largest absolute Gasteiger partial charge is 0.309 e. The van der Waals surface area contributed by atoms with Crippen LogP contribution >= 0.6 is 11.3 Å². The van der Waals surface area contributed by atoms with Crippen LogP contribution in [0.5, 0.6) is 0 Å². The van der Waals surface area contributed by atoms with Crippen LogP contribution in [0.1, 0.15) is 0 Å². The van der Waals surface area contributed by atoms with Crippen LogP contribution in [0.4, 0.5) is 0 Å². The highest BCUT2D eigenvalue weighted by Crippen LogP contribution is 2.40. The highest BCUT2D eigenvalue weighted by Gasteiger charge is 2.19. The summed E-state index contributed by atoms with van der Waals surface area (Å²) < 4.78 is 4.98. The summed E-state index contributed by atoms with van der Waals surface area (Å²) in [7, 11) is 0. The molecule has 0 fully saturated rings. The monoisotopic (exact) mass is 808 g/mol. The molecule has 290 valence electrons. The first-order chi connectivity index (χ1) is 30.7. The van der Waals surface area contributed by atoms with Crippen LogP contribution in [0.25, 0.3) is 115 Å². The van der Waals surface area contributed by atoms with E-state index in [1.54, 1.807) is 0 Å². The van der Waals surface area contributed by atoms with E-state index in [-0.39, 0.29) is 0 Å². The average molecular weight is 809 g/mol. The van der Waals surface area contributed by atoms with Crippen molar-refractivity contribution in [3.05, 3.63) is 218 Å². The predicted molar refractivity (Wildman–Crippen MR) is 260 cm³/mol. The molecule has 0 spiro atoms. The zero-order valence-corrected chi connectivity index (χ0v) is 34.3. The van der Waals surface area contributed by atoms with Crippen molar-refractivity contribution in [1.29, 1.82) is 0 Å². The topological polar surface area (TPSA) is 43.6 Å². The predicted octanol–water partition coefficient (Wildman–Crippen LogP) is 15.3. The Morgan fingerprint density at radius 2 is 0.758 bits per heavy atom. The fourth-order valence-corrected chi connectivity index (χ4v) is 9.94. The molecule has 62 heavy (non-hydrogen) atoms. The molecule has 3 aromatic heterocycles. The van der Waals surface area contributed by atoms with Crippen molar-refractivity contribution >= 4 is 53.3 Å². The van der Waals surface area contributed by atoms with Crippen molar-refractivity contribution in [3.63, 3.8) is 0 Å². The van der Waals surface area contributed by atoms with E-state index in [1.165, 1.54) is 42.1 Å². The Balaban J connectivity index is 1.04. The van der Waals surface area contributed by atoms with E-state index in [1.807, 2.05) is 29.5 Å². The molecule has 5 heteroatoms. The first kappa shape index (κ1) is 35.9. The van der Waals surface area contributed by atoms with Gasteiger partial charge >= 0.3 is 0 Å². The normalized spacial score (nSPS) is 11.5. The van der Waals surface area contributed by atoms with E-state index < -0.39 is 0 Å². The lowest BCUT2D eigenvalue weighted by Crippen LogP contribution is -2.02. The average Bonchev–Trinajstić information content (AvgIpc) is 3.90. The quantitative estimate of drug-likeness (QED) is 0.161. The molecule has 0 bridgehead atoms. The summed E-state index contributed by atoms with van der Waals surface area (Å²) in [5.41, 5.74) is 13.0. The van der Waals surface area contributed by atoms with Gasteiger partial charge in [0.05, 0.1) is 16.7 Å². The third-order valence-electron chi connectivity index (χ3n) is 11.9. The van der Waals surface area contributed by atoms with E-state index in [4.69, 9.17) is 15.0 Å². The fourth-order valence-electron chi connectivity index (χ4n) is 8.85. The Morgan fingerprint density at radius 1 is 0.290 bits per heavy atom. The lowest BCUT2D eigenvalue weighted by Gasteiger charge is -2.17. The molecule has 3 heterocycles. The van der Waals surface area contributed by atoms with Gasteiger partial charge in [-0.15, -0.1) is 11.3 Å². The number of para-hydroxylation sites is 2. The van der Waals surface area contributed by atoms with Gasteiger partial charge in [-0.2, -0.15) is 0 Å². The zero-order valence-electron chi connectivity index (χ0n) is 33.5. The van der Waals surface area contributed by atoms with Gasteiger partial charge in [0.2, 0.25) is 0 Å². The van der Waals surface area contributed by atoms with E-state index in [0.29, 0.717) is 17.5 Å². The van der Waals surface area contributed by atoms with E-state index in [2.05, 4.69) is 205 Å². The number of hydrogen-bond acceptors (Lipinski definition) is 4. The van der Waals surface area contributed by atoms with Gasteiger partial charge in [0.25, 0.3) is 0 Å². The maximum absolute atomic E-state index is 5.28. The third-order valence-corrected chi connectivity index (χ3v) is 13.0. The zero-order chi connectivity index (χ0) is 41.0. The fraction of sp³-hybridized carbons (Fsp3) is 0. The molecule has 12 aromatic rings. The van der Waals surface area contributed by atoms with Crippen LogP contribution in [0.15, 0.2) is 218 Å². The van der Waals surface area contributed by atoms with Gasteiger partial charge in [0.1, 0.15) is 0 Å². The number of hydrogen-bond donors (Lipinski definition) is 0. The number of thiophene rings is 1. The van der Waals surface area contributed by atoms with Gasteiger partial charge in [0.15, 0.2) is 17.5 Å². The third kappa shape index (κ3) is 6.26. The molecule has 0 N–H and O–H groups in total. The second kappa shape index (κ2) is 14.9. The summed E-state index contributed by atoms with van der Waals surface area (Å²) in [4.78, 5) is 15.6. The summed E-state index contributed by atoms with van der Waals surface area (Å²) in [5, 5.41) is 4.98. The number of rotatable bonds is 7. The van der Waals surface area contributed by atoms with Crippen molar-refractivity contribution in [2.24, 2.45) is 0 Å². The molecule has 9 aromatic carbocycles. The minimum absolute atomic E-state index is 0.610. The van der Waals surface area contributed by atoms with E-state index in [9.17, 15) is 0 Å². The summed E-state index contributed by atoms with van der Waals surface area (Å²) in [6.45, 7) is 0. The van der Waals surface area contributed by atoms with Crippen LogP contribution in [-0.4, -0.2) is 19.5 Å². The Bertz CT molecular complexity index is 3570. The van der Waals surface area contributed by atoms with Crippen LogP contribution in [0, 0.1) is 0 Å². The molecule has 0 unspecified atom stereocenters. The second-order valence-electron chi connectivity index (χ2n) is 15.6. The first-order valence-corrected chi connectivity index (χ1v) is 21.7. The summed E-state index contributed by atoms with van der Waals surface area (Å²) in [6.07, 6.45) is 0. The molecular formula is C57H36N4S. The SMILES string of the molecule is c1ccc(-c2ccc(-c3ccc(-c4nc(-c5ccccc5)nc(-c5cccc(-c6ccc7sc8ccccc8c7c6)c5)n4)cc3-n3c4ccccc4c4ccccc43)cc2)cc1. The molecule has 0 radical (unpaired) electrons. The van der Waals surface area contributed by atoms with Gasteiger partial charge in [-0.1, -0.05) is 176 Å². The molecule has 0 atom stereocenters. The highest BCUT2D eigenvalue weighted by molar-refractivity contribution is 7.25. The molecule has 0 amide bonds. The van der Waals surface area contributed by atoms with Crippen LogP contribution in [0.2, 0.25) is 0 Å². The van der Waals surface area contributed by atoms with Crippen molar-refractivity contribution in [3.8, 4) is 73.2 Å². The van der Waals surface area contributed by atoms with Crippen molar-refractivity contribution in [1.82, 2.24) is 19.5 Å². The van der Waals surface area contributed by atoms with Crippen molar-refractivity contribution in [2.45, 2.75) is 0 Å². The minimum Gasteiger partial charge on any atom is -0.309 e. The first-order valence-electron chi connectivity index (χ1n) is 20.8. The van der Waals surface area contributed by atoms with Gasteiger partial charge in [-0.25, -0.2) is 15.0 Å². The van der Waals surface area contributed by atoms with Gasteiger partial charge in [-0.05, 0) is 70.3 Å². The van der Waals surface area contributed by atoms with E-state index >= 15 is 0 Å². The standard InChI is InChI=1S/C57H36N4S/c1-3-14-37(15-4-1)38-26-28-39(29-27-38)45-32-30-44(36-52(45)61-50-23-10-7-20-46(50)47-21-8-11-24-51(47)61)57-59-55(40-16-5-2-6-17-40)58-56(60-57)43-19-13-18-41(34-43)42-31-33-54-49(35-42)48-22-9-12-25-53(48)62-54/h1-36H.